The summed E-state index contributed by atoms with van der Waals surface area (Å²) in [6.45, 7) is 1.01. The van der Waals surface area contributed by atoms with E-state index in [1.54, 1.807) is 0 Å². The second-order valence-electron chi connectivity index (χ2n) is 3.03. The molecule has 1 nitrogen and oxygen atoms in total. The molecule has 0 aromatic rings. The zero-order valence-corrected chi connectivity index (χ0v) is 5.68. The SMILES string of the molecule is [CH]1CCCC2OCCC12. The van der Waals surface area contributed by atoms with E-state index in [1.165, 1.54) is 25.7 Å². The highest BCUT2D eigenvalue weighted by atomic mass is 16.5. The predicted molar refractivity (Wildman–Crippen MR) is 36.0 cm³/mol. The number of hydrogen-bond acceptors (Lipinski definition) is 1. The Balaban J connectivity index is 1.97. The molecule has 2 fully saturated rings. The van der Waals surface area contributed by atoms with Gasteiger partial charge in [0.25, 0.3) is 0 Å². The Morgan fingerprint density at radius 2 is 2.33 bits per heavy atom. The maximum atomic E-state index is 5.53. The van der Waals surface area contributed by atoms with Crippen molar-refractivity contribution in [2.75, 3.05) is 6.61 Å². The third kappa shape index (κ3) is 0.983. The first-order chi connectivity index (χ1) is 4.47. The average Bonchev–Trinajstić information content (AvgIpc) is 2.33. The molecule has 0 bridgehead atoms. The van der Waals surface area contributed by atoms with Crippen LogP contribution in [0.1, 0.15) is 25.7 Å². The van der Waals surface area contributed by atoms with Crippen LogP contribution in [0.5, 0.6) is 0 Å². The van der Waals surface area contributed by atoms with E-state index >= 15 is 0 Å². The fourth-order valence-electron chi connectivity index (χ4n) is 1.88. The van der Waals surface area contributed by atoms with Crippen molar-refractivity contribution in [1.29, 1.82) is 0 Å². The molecule has 0 N–H and O–H groups in total. The average molecular weight is 125 g/mol. The van der Waals surface area contributed by atoms with Crippen LogP contribution in [0.15, 0.2) is 0 Å². The molecule has 51 valence electrons. The topological polar surface area (TPSA) is 9.23 Å². The second-order valence-corrected chi connectivity index (χ2v) is 3.03. The van der Waals surface area contributed by atoms with E-state index < -0.39 is 0 Å². The van der Waals surface area contributed by atoms with Crippen LogP contribution >= 0.6 is 0 Å². The minimum atomic E-state index is 0.610. The van der Waals surface area contributed by atoms with Gasteiger partial charge in [0.05, 0.1) is 6.10 Å². The van der Waals surface area contributed by atoms with E-state index in [-0.39, 0.29) is 0 Å². The van der Waals surface area contributed by atoms with Crippen molar-refractivity contribution in [1.82, 2.24) is 0 Å². The second kappa shape index (κ2) is 2.30. The van der Waals surface area contributed by atoms with Crippen LogP contribution in [0.3, 0.4) is 0 Å². The van der Waals surface area contributed by atoms with Crippen molar-refractivity contribution in [3.8, 4) is 0 Å². The first kappa shape index (κ1) is 5.72. The lowest BCUT2D eigenvalue weighted by Crippen LogP contribution is -2.20. The summed E-state index contributed by atoms with van der Waals surface area (Å²) in [5.74, 6) is 0.818. The Bertz CT molecular complexity index is 88.7. The van der Waals surface area contributed by atoms with Crippen molar-refractivity contribution in [2.45, 2.75) is 31.8 Å². The monoisotopic (exact) mass is 125 g/mol. The van der Waals surface area contributed by atoms with E-state index in [0.29, 0.717) is 6.10 Å². The van der Waals surface area contributed by atoms with E-state index in [1.807, 2.05) is 0 Å². The van der Waals surface area contributed by atoms with Gasteiger partial charge in [-0.2, -0.15) is 0 Å². The van der Waals surface area contributed by atoms with Crippen molar-refractivity contribution in [3.63, 3.8) is 0 Å². The van der Waals surface area contributed by atoms with Crippen molar-refractivity contribution in [2.24, 2.45) is 5.92 Å². The molecule has 2 rings (SSSR count). The molecule has 1 aliphatic carbocycles. The van der Waals surface area contributed by atoms with Gasteiger partial charge in [0, 0.05) is 6.61 Å². The summed E-state index contributed by atoms with van der Waals surface area (Å²) in [6.07, 6.45) is 8.32. The molecule has 2 aliphatic rings. The largest absolute Gasteiger partial charge is 0.378 e. The summed E-state index contributed by atoms with van der Waals surface area (Å²) >= 11 is 0. The molecule has 1 heteroatoms. The summed E-state index contributed by atoms with van der Waals surface area (Å²) in [4.78, 5) is 0. The van der Waals surface area contributed by atoms with Crippen LogP contribution in [-0.4, -0.2) is 12.7 Å². The lowest BCUT2D eigenvalue weighted by molar-refractivity contribution is 0.0789. The van der Waals surface area contributed by atoms with Gasteiger partial charge in [0.15, 0.2) is 0 Å². The highest BCUT2D eigenvalue weighted by Gasteiger charge is 2.30. The smallest absolute Gasteiger partial charge is 0.0606 e. The predicted octanol–water partition coefficient (Wildman–Crippen LogP) is 1.78. The molecule has 0 aromatic heterocycles. The Morgan fingerprint density at radius 1 is 1.33 bits per heavy atom. The summed E-state index contributed by atoms with van der Waals surface area (Å²) < 4.78 is 5.53. The van der Waals surface area contributed by atoms with Crippen molar-refractivity contribution >= 4 is 0 Å². The Hall–Kier alpha value is -0.0400. The summed E-state index contributed by atoms with van der Waals surface area (Å²) in [5.41, 5.74) is 0. The zero-order chi connectivity index (χ0) is 6.10. The normalized spacial score (nSPS) is 42.7. The molecule has 1 saturated heterocycles. The van der Waals surface area contributed by atoms with Gasteiger partial charge < -0.3 is 4.74 Å². The van der Waals surface area contributed by atoms with Crippen LogP contribution in [0.4, 0.5) is 0 Å². The molecule has 0 amide bonds. The van der Waals surface area contributed by atoms with Gasteiger partial charge in [-0.25, -0.2) is 0 Å². The highest BCUT2D eigenvalue weighted by molar-refractivity contribution is 4.90. The van der Waals surface area contributed by atoms with Gasteiger partial charge >= 0.3 is 0 Å². The van der Waals surface area contributed by atoms with Gasteiger partial charge in [-0.3, -0.25) is 0 Å². The van der Waals surface area contributed by atoms with Gasteiger partial charge in [-0.05, 0) is 31.6 Å². The van der Waals surface area contributed by atoms with Crippen molar-refractivity contribution in [3.05, 3.63) is 6.42 Å². The lowest BCUT2D eigenvalue weighted by Gasteiger charge is -2.22. The Labute approximate surface area is 56.4 Å². The number of rotatable bonds is 0. The first-order valence-electron chi connectivity index (χ1n) is 3.92. The Morgan fingerprint density at radius 3 is 3.22 bits per heavy atom. The molecule has 2 unspecified atom stereocenters. The molecule has 0 aromatic carbocycles. The number of fused-ring (bicyclic) bond motifs is 1. The number of hydrogen-bond donors (Lipinski definition) is 0. The fourth-order valence-corrected chi connectivity index (χ4v) is 1.88. The molecule has 0 spiro atoms. The van der Waals surface area contributed by atoms with E-state index in [2.05, 4.69) is 6.42 Å². The quantitative estimate of drug-likeness (QED) is 0.479. The molecular weight excluding hydrogens is 112 g/mol. The highest BCUT2D eigenvalue weighted by Crippen LogP contribution is 2.32. The van der Waals surface area contributed by atoms with Crippen LogP contribution < -0.4 is 0 Å². The lowest BCUT2D eigenvalue weighted by atomic mass is 9.86. The third-order valence-corrected chi connectivity index (χ3v) is 2.42. The molecule has 1 radical (unpaired) electrons. The Kier molecular flexibility index (Phi) is 1.46. The first-order valence-corrected chi connectivity index (χ1v) is 3.92. The fraction of sp³-hybridized carbons (Fsp3) is 0.875. The van der Waals surface area contributed by atoms with Crippen molar-refractivity contribution < 1.29 is 4.74 Å². The standard InChI is InChI=1S/C8H13O/c1-2-4-8-7(3-1)5-6-9-8/h3,7-8H,1-2,4-6H2. The number of ether oxygens (including phenoxy) is 1. The molecule has 1 aliphatic heterocycles. The summed E-state index contributed by atoms with van der Waals surface area (Å²) in [7, 11) is 0. The molecule has 2 atom stereocenters. The molecule has 1 heterocycles. The summed E-state index contributed by atoms with van der Waals surface area (Å²) in [6, 6.07) is 0. The van der Waals surface area contributed by atoms with E-state index in [4.69, 9.17) is 4.74 Å². The van der Waals surface area contributed by atoms with Gasteiger partial charge in [0.2, 0.25) is 0 Å². The zero-order valence-electron chi connectivity index (χ0n) is 5.68. The van der Waals surface area contributed by atoms with E-state index in [9.17, 15) is 0 Å². The molecule has 1 saturated carbocycles. The van der Waals surface area contributed by atoms with Gasteiger partial charge in [0.1, 0.15) is 0 Å². The third-order valence-electron chi connectivity index (χ3n) is 2.42. The maximum Gasteiger partial charge on any atom is 0.0606 e. The minimum Gasteiger partial charge on any atom is -0.378 e. The van der Waals surface area contributed by atoms with Gasteiger partial charge in [-0.1, -0.05) is 6.42 Å². The van der Waals surface area contributed by atoms with Crippen LogP contribution in [0.2, 0.25) is 0 Å². The summed E-state index contributed by atoms with van der Waals surface area (Å²) in [5, 5.41) is 0. The van der Waals surface area contributed by atoms with Crippen LogP contribution in [-0.2, 0) is 4.74 Å². The van der Waals surface area contributed by atoms with E-state index in [0.717, 1.165) is 12.5 Å². The molecular formula is C8H13O. The minimum absolute atomic E-state index is 0.610. The van der Waals surface area contributed by atoms with Crippen LogP contribution in [0.25, 0.3) is 0 Å². The van der Waals surface area contributed by atoms with Gasteiger partial charge in [-0.15, -0.1) is 0 Å². The molecule has 9 heavy (non-hydrogen) atoms. The maximum absolute atomic E-state index is 5.53. The van der Waals surface area contributed by atoms with Crippen LogP contribution in [0, 0.1) is 12.3 Å².